The molecule has 0 unspecified atom stereocenters. The Bertz CT molecular complexity index is 1110. The number of carbonyl (C=O) groups is 2. The van der Waals surface area contributed by atoms with Gasteiger partial charge in [-0.05, 0) is 49.1 Å². The smallest absolute Gasteiger partial charge is 0.341 e. The van der Waals surface area contributed by atoms with Gasteiger partial charge in [-0.2, -0.15) is 0 Å². The fourth-order valence-corrected chi connectivity index (χ4v) is 4.60. The van der Waals surface area contributed by atoms with E-state index in [0.717, 1.165) is 21.6 Å². The number of thiophene rings is 1. The van der Waals surface area contributed by atoms with Crippen LogP contribution in [0.25, 0.3) is 11.1 Å². The van der Waals surface area contributed by atoms with Gasteiger partial charge in [-0.1, -0.05) is 55.8 Å². The fourth-order valence-electron chi connectivity index (χ4n) is 3.39. The van der Waals surface area contributed by atoms with Crippen LogP contribution in [0.3, 0.4) is 0 Å². The second-order valence-corrected chi connectivity index (χ2v) is 9.16. The van der Waals surface area contributed by atoms with Crippen molar-refractivity contribution in [3.63, 3.8) is 0 Å². The molecule has 0 aliphatic carbocycles. The van der Waals surface area contributed by atoms with Gasteiger partial charge in [0.1, 0.15) is 16.3 Å². The Morgan fingerprint density at radius 3 is 2.44 bits per heavy atom. The van der Waals surface area contributed by atoms with Crippen molar-refractivity contribution in [3.8, 4) is 16.9 Å². The van der Waals surface area contributed by atoms with E-state index < -0.39 is 5.97 Å². The summed E-state index contributed by atoms with van der Waals surface area (Å²) in [7, 11) is 0. The summed E-state index contributed by atoms with van der Waals surface area (Å²) in [5.41, 5.74) is 2.93. The summed E-state index contributed by atoms with van der Waals surface area (Å²) >= 11 is 7.35. The lowest BCUT2D eigenvalue weighted by Gasteiger charge is -2.14. The molecule has 0 spiro atoms. The summed E-state index contributed by atoms with van der Waals surface area (Å²) < 4.78 is 11.1. The van der Waals surface area contributed by atoms with Crippen LogP contribution in [-0.2, 0) is 9.53 Å². The number of halogens is 1. The second-order valence-electron chi connectivity index (χ2n) is 7.49. The number of nitrogens with one attached hydrogen (secondary N) is 1. The van der Waals surface area contributed by atoms with Gasteiger partial charge in [-0.15, -0.1) is 11.3 Å². The highest BCUT2D eigenvalue weighted by molar-refractivity contribution is 7.17. The van der Waals surface area contributed by atoms with E-state index in [9.17, 15) is 9.59 Å². The van der Waals surface area contributed by atoms with E-state index in [4.69, 9.17) is 21.1 Å². The summed E-state index contributed by atoms with van der Waals surface area (Å²) in [5, 5.41) is 3.88. The molecule has 168 valence electrons. The molecule has 1 N–H and O–H groups in total. The van der Waals surface area contributed by atoms with E-state index >= 15 is 0 Å². The molecular formula is C25H26ClNO4S. The van der Waals surface area contributed by atoms with Gasteiger partial charge in [0.05, 0.1) is 6.61 Å². The van der Waals surface area contributed by atoms with Crippen LogP contribution in [0.1, 0.15) is 47.5 Å². The van der Waals surface area contributed by atoms with Crippen molar-refractivity contribution in [1.82, 2.24) is 0 Å². The van der Waals surface area contributed by atoms with Crippen molar-refractivity contribution in [1.29, 1.82) is 0 Å². The van der Waals surface area contributed by atoms with E-state index in [1.165, 1.54) is 11.3 Å². The van der Waals surface area contributed by atoms with Crippen molar-refractivity contribution in [2.45, 2.75) is 33.6 Å². The first kappa shape index (κ1) is 23.8. The summed E-state index contributed by atoms with van der Waals surface area (Å²) in [6.07, 6.45) is 0. The third-order valence-corrected chi connectivity index (χ3v) is 6.12. The third-order valence-electron chi connectivity index (χ3n) is 4.85. The highest BCUT2D eigenvalue weighted by atomic mass is 35.5. The van der Waals surface area contributed by atoms with E-state index in [2.05, 4.69) is 19.2 Å². The fraction of sp³-hybridized carbons (Fsp3) is 0.280. The maximum atomic E-state index is 12.8. The molecule has 32 heavy (non-hydrogen) atoms. The Hall–Kier alpha value is -2.83. The highest BCUT2D eigenvalue weighted by Gasteiger charge is 2.25. The Labute approximate surface area is 197 Å². The molecule has 0 saturated heterocycles. The quantitative estimate of drug-likeness (QED) is 0.371. The number of hydrogen-bond acceptors (Lipinski definition) is 5. The lowest BCUT2D eigenvalue weighted by atomic mass is 10.0. The van der Waals surface area contributed by atoms with E-state index in [0.29, 0.717) is 21.3 Å². The van der Waals surface area contributed by atoms with Crippen LogP contribution < -0.4 is 10.1 Å². The number of benzene rings is 2. The third kappa shape index (κ3) is 5.50. The van der Waals surface area contributed by atoms with Crippen LogP contribution >= 0.6 is 22.9 Å². The lowest BCUT2D eigenvalue weighted by molar-refractivity contribution is -0.118. The number of esters is 1. The van der Waals surface area contributed by atoms with Crippen molar-refractivity contribution >= 4 is 39.8 Å². The molecule has 0 aliphatic rings. The molecule has 0 fully saturated rings. The molecule has 2 aromatic carbocycles. The van der Waals surface area contributed by atoms with Crippen LogP contribution in [0, 0.1) is 6.92 Å². The SMILES string of the molecule is CCOC(=O)c1c(NC(=O)COc2ccccc2C(C)C)sc(C)c1-c1ccc(Cl)cc1. The molecule has 1 heterocycles. The molecular weight excluding hydrogens is 446 g/mol. The predicted octanol–water partition coefficient (Wildman–Crippen LogP) is 6.69. The zero-order valence-corrected chi connectivity index (χ0v) is 20.1. The number of anilines is 1. The molecule has 1 amide bonds. The van der Waals surface area contributed by atoms with Gasteiger partial charge >= 0.3 is 5.97 Å². The summed E-state index contributed by atoms with van der Waals surface area (Å²) in [4.78, 5) is 26.4. The first-order valence-electron chi connectivity index (χ1n) is 10.4. The van der Waals surface area contributed by atoms with Crippen LogP contribution in [-0.4, -0.2) is 25.1 Å². The molecule has 0 bridgehead atoms. The zero-order valence-electron chi connectivity index (χ0n) is 18.5. The average Bonchev–Trinajstić information content (AvgIpc) is 3.08. The first-order valence-corrected chi connectivity index (χ1v) is 11.6. The molecule has 1 aromatic heterocycles. The van der Waals surface area contributed by atoms with Crippen LogP contribution in [0.15, 0.2) is 48.5 Å². The minimum Gasteiger partial charge on any atom is -0.483 e. The second kappa shape index (κ2) is 10.7. The van der Waals surface area contributed by atoms with Crippen molar-refractivity contribution in [2.75, 3.05) is 18.5 Å². The minimum atomic E-state index is -0.483. The van der Waals surface area contributed by atoms with Gasteiger partial charge in [-0.3, -0.25) is 4.79 Å². The highest BCUT2D eigenvalue weighted by Crippen LogP contribution is 2.40. The summed E-state index contributed by atoms with van der Waals surface area (Å²) in [6, 6.07) is 14.9. The molecule has 0 radical (unpaired) electrons. The number of carbonyl (C=O) groups excluding carboxylic acids is 2. The van der Waals surface area contributed by atoms with Crippen LogP contribution in [0.5, 0.6) is 5.75 Å². The number of rotatable bonds is 8. The predicted molar refractivity (Wildman–Crippen MR) is 130 cm³/mol. The van der Waals surface area contributed by atoms with Gasteiger partial charge in [0, 0.05) is 15.5 Å². The number of aryl methyl sites for hydroxylation is 1. The van der Waals surface area contributed by atoms with E-state index in [1.54, 1.807) is 19.1 Å². The largest absolute Gasteiger partial charge is 0.483 e. The summed E-state index contributed by atoms with van der Waals surface area (Å²) in [5.74, 6) is 0.111. The number of para-hydroxylation sites is 1. The van der Waals surface area contributed by atoms with E-state index in [-0.39, 0.29) is 25.0 Å². The molecule has 3 rings (SSSR count). The van der Waals surface area contributed by atoms with Crippen LogP contribution in [0.2, 0.25) is 5.02 Å². The summed E-state index contributed by atoms with van der Waals surface area (Å²) in [6.45, 7) is 7.86. The van der Waals surface area contributed by atoms with Crippen LogP contribution in [0.4, 0.5) is 5.00 Å². The topological polar surface area (TPSA) is 64.6 Å². The van der Waals surface area contributed by atoms with Crippen molar-refractivity contribution in [3.05, 3.63) is 69.6 Å². The van der Waals surface area contributed by atoms with Gasteiger partial charge in [-0.25, -0.2) is 4.79 Å². The standard InChI is InChI=1S/C25H26ClNO4S/c1-5-30-25(29)23-22(17-10-12-18(26)13-11-17)16(4)32-24(23)27-21(28)14-31-20-9-7-6-8-19(20)15(2)3/h6-13,15H,5,14H2,1-4H3,(H,27,28). The number of ether oxygens (including phenoxy) is 2. The number of hydrogen-bond donors (Lipinski definition) is 1. The molecule has 5 nitrogen and oxygen atoms in total. The molecule has 0 aliphatic heterocycles. The molecule has 7 heteroatoms. The number of amides is 1. The Kier molecular flexibility index (Phi) is 7.94. The normalized spacial score (nSPS) is 10.8. The van der Waals surface area contributed by atoms with Gasteiger partial charge in [0.25, 0.3) is 5.91 Å². The zero-order chi connectivity index (χ0) is 23.3. The van der Waals surface area contributed by atoms with Gasteiger partial charge < -0.3 is 14.8 Å². The Balaban J connectivity index is 1.86. The van der Waals surface area contributed by atoms with E-state index in [1.807, 2.05) is 43.3 Å². The first-order chi connectivity index (χ1) is 15.3. The monoisotopic (exact) mass is 471 g/mol. The van der Waals surface area contributed by atoms with Crippen molar-refractivity contribution in [2.24, 2.45) is 0 Å². The Morgan fingerprint density at radius 1 is 1.09 bits per heavy atom. The Morgan fingerprint density at radius 2 is 1.78 bits per heavy atom. The van der Waals surface area contributed by atoms with Gasteiger partial charge in [0.15, 0.2) is 6.61 Å². The molecule has 3 aromatic rings. The molecule has 0 atom stereocenters. The molecule has 0 saturated carbocycles. The minimum absolute atomic E-state index is 0.167. The maximum absolute atomic E-state index is 12.8. The van der Waals surface area contributed by atoms with Crippen molar-refractivity contribution < 1.29 is 19.1 Å². The maximum Gasteiger partial charge on any atom is 0.341 e. The van der Waals surface area contributed by atoms with Gasteiger partial charge in [0.2, 0.25) is 0 Å². The lowest BCUT2D eigenvalue weighted by Crippen LogP contribution is -2.21. The average molecular weight is 472 g/mol.